The van der Waals surface area contributed by atoms with Crippen molar-refractivity contribution >= 4 is 11.0 Å². The van der Waals surface area contributed by atoms with E-state index in [2.05, 4.69) is 19.1 Å². The Morgan fingerprint density at radius 3 is 2.50 bits per heavy atom. The van der Waals surface area contributed by atoms with Crippen LogP contribution in [0, 0.1) is 6.92 Å². The third-order valence-corrected chi connectivity index (χ3v) is 3.49. The van der Waals surface area contributed by atoms with Crippen LogP contribution in [-0.4, -0.2) is 7.11 Å². The van der Waals surface area contributed by atoms with Gasteiger partial charge in [0, 0.05) is 11.5 Å². The molecular formula is C17H17NO2. The van der Waals surface area contributed by atoms with Crippen molar-refractivity contribution in [1.82, 2.24) is 0 Å². The minimum atomic E-state index is -0.256. The molecule has 20 heavy (non-hydrogen) atoms. The van der Waals surface area contributed by atoms with Gasteiger partial charge in [-0.2, -0.15) is 0 Å². The molecule has 3 heteroatoms. The lowest BCUT2D eigenvalue weighted by Crippen LogP contribution is -2.10. The van der Waals surface area contributed by atoms with Gasteiger partial charge in [0.2, 0.25) is 0 Å². The summed E-state index contributed by atoms with van der Waals surface area (Å²) in [4.78, 5) is 0. The number of benzene rings is 2. The minimum Gasteiger partial charge on any atom is -0.497 e. The Labute approximate surface area is 118 Å². The van der Waals surface area contributed by atoms with Crippen LogP contribution in [0.25, 0.3) is 11.0 Å². The highest BCUT2D eigenvalue weighted by atomic mass is 16.5. The summed E-state index contributed by atoms with van der Waals surface area (Å²) >= 11 is 0. The fraction of sp³-hybridized carbons (Fsp3) is 0.176. The molecule has 3 aromatic rings. The van der Waals surface area contributed by atoms with Crippen LogP contribution in [0.3, 0.4) is 0 Å². The van der Waals surface area contributed by atoms with E-state index in [-0.39, 0.29) is 6.04 Å². The Morgan fingerprint density at radius 1 is 1.05 bits per heavy atom. The Kier molecular flexibility index (Phi) is 3.20. The van der Waals surface area contributed by atoms with E-state index in [1.807, 2.05) is 36.4 Å². The fourth-order valence-electron chi connectivity index (χ4n) is 2.25. The van der Waals surface area contributed by atoms with Gasteiger partial charge < -0.3 is 14.9 Å². The highest BCUT2D eigenvalue weighted by Crippen LogP contribution is 2.29. The molecule has 0 saturated carbocycles. The summed E-state index contributed by atoms with van der Waals surface area (Å²) in [6.45, 7) is 2.06. The van der Waals surface area contributed by atoms with Crippen molar-refractivity contribution in [3.8, 4) is 5.75 Å². The van der Waals surface area contributed by atoms with Crippen molar-refractivity contribution in [2.75, 3.05) is 7.11 Å². The quantitative estimate of drug-likeness (QED) is 0.785. The van der Waals surface area contributed by atoms with Crippen LogP contribution in [0.2, 0.25) is 0 Å². The van der Waals surface area contributed by atoms with E-state index in [4.69, 9.17) is 14.9 Å². The molecule has 1 aromatic heterocycles. The topological polar surface area (TPSA) is 48.4 Å². The first-order valence-corrected chi connectivity index (χ1v) is 6.57. The largest absolute Gasteiger partial charge is 0.497 e. The molecule has 0 spiro atoms. The van der Waals surface area contributed by atoms with Gasteiger partial charge in [-0.25, -0.2) is 0 Å². The summed E-state index contributed by atoms with van der Waals surface area (Å²) < 4.78 is 11.1. The van der Waals surface area contributed by atoms with Gasteiger partial charge >= 0.3 is 0 Å². The molecule has 1 heterocycles. The molecule has 0 amide bonds. The van der Waals surface area contributed by atoms with Crippen LogP contribution in [0.1, 0.15) is 22.9 Å². The van der Waals surface area contributed by atoms with E-state index in [0.717, 1.165) is 28.0 Å². The van der Waals surface area contributed by atoms with Crippen LogP contribution < -0.4 is 10.5 Å². The molecule has 0 aliphatic carbocycles. The van der Waals surface area contributed by atoms with Crippen LogP contribution in [0.4, 0.5) is 0 Å². The zero-order valence-electron chi connectivity index (χ0n) is 11.6. The van der Waals surface area contributed by atoms with Crippen molar-refractivity contribution in [1.29, 1.82) is 0 Å². The lowest BCUT2D eigenvalue weighted by molar-refractivity contribution is 0.414. The molecule has 0 saturated heterocycles. The van der Waals surface area contributed by atoms with Gasteiger partial charge in [0.25, 0.3) is 0 Å². The third kappa shape index (κ3) is 2.28. The summed E-state index contributed by atoms with van der Waals surface area (Å²) in [6, 6.07) is 15.7. The Balaban J connectivity index is 1.98. The van der Waals surface area contributed by atoms with E-state index in [9.17, 15) is 0 Å². The van der Waals surface area contributed by atoms with E-state index in [1.165, 1.54) is 5.56 Å². The molecule has 0 aliphatic heterocycles. The van der Waals surface area contributed by atoms with Gasteiger partial charge in [-0.1, -0.05) is 29.8 Å². The van der Waals surface area contributed by atoms with Crippen molar-refractivity contribution in [3.63, 3.8) is 0 Å². The maximum absolute atomic E-state index is 6.28. The Morgan fingerprint density at radius 2 is 1.80 bits per heavy atom. The van der Waals surface area contributed by atoms with E-state index in [1.54, 1.807) is 7.11 Å². The van der Waals surface area contributed by atoms with Crippen molar-refractivity contribution in [2.24, 2.45) is 5.73 Å². The predicted octanol–water partition coefficient (Wildman–Crippen LogP) is 3.80. The summed E-state index contributed by atoms with van der Waals surface area (Å²) in [5.74, 6) is 1.54. The molecule has 0 radical (unpaired) electrons. The standard InChI is InChI=1S/C17H17NO2/c1-11-3-5-12(6-4-11)17(18)16-9-13-7-8-14(19-2)10-15(13)20-16/h3-10,17H,18H2,1-2H3. The average Bonchev–Trinajstić information content (AvgIpc) is 2.90. The third-order valence-electron chi connectivity index (χ3n) is 3.49. The molecule has 1 atom stereocenters. The zero-order chi connectivity index (χ0) is 14.1. The number of furan rings is 1. The SMILES string of the molecule is COc1ccc2cc(C(N)c3ccc(C)cc3)oc2c1. The maximum atomic E-state index is 6.28. The van der Waals surface area contributed by atoms with Crippen molar-refractivity contribution < 1.29 is 9.15 Å². The second kappa shape index (κ2) is 5.02. The van der Waals surface area contributed by atoms with Crippen molar-refractivity contribution in [2.45, 2.75) is 13.0 Å². The highest BCUT2D eigenvalue weighted by molar-refractivity contribution is 5.79. The Bertz CT molecular complexity index is 728. The monoisotopic (exact) mass is 267 g/mol. The van der Waals surface area contributed by atoms with Crippen LogP contribution in [0.15, 0.2) is 52.9 Å². The van der Waals surface area contributed by atoms with Crippen LogP contribution >= 0.6 is 0 Å². The normalized spacial score (nSPS) is 12.6. The first-order valence-electron chi connectivity index (χ1n) is 6.57. The van der Waals surface area contributed by atoms with E-state index >= 15 is 0 Å². The van der Waals surface area contributed by atoms with Crippen LogP contribution in [0.5, 0.6) is 5.75 Å². The number of hydrogen-bond donors (Lipinski definition) is 1. The summed E-state index contributed by atoms with van der Waals surface area (Å²) in [5, 5.41) is 1.03. The molecule has 3 nitrogen and oxygen atoms in total. The maximum Gasteiger partial charge on any atom is 0.138 e. The highest BCUT2D eigenvalue weighted by Gasteiger charge is 2.14. The lowest BCUT2D eigenvalue weighted by Gasteiger charge is -2.09. The van der Waals surface area contributed by atoms with Gasteiger partial charge in [-0.15, -0.1) is 0 Å². The van der Waals surface area contributed by atoms with Gasteiger partial charge in [-0.3, -0.25) is 0 Å². The van der Waals surface area contributed by atoms with Crippen LogP contribution in [-0.2, 0) is 0 Å². The molecule has 3 rings (SSSR count). The zero-order valence-corrected chi connectivity index (χ0v) is 11.6. The molecule has 0 bridgehead atoms. The number of rotatable bonds is 3. The Hall–Kier alpha value is -2.26. The predicted molar refractivity (Wildman–Crippen MR) is 80.0 cm³/mol. The smallest absolute Gasteiger partial charge is 0.138 e. The minimum absolute atomic E-state index is 0.256. The number of aryl methyl sites for hydroxylation is 1. The summed E-state index contributed by atoms with van der Waals surface area (Å²) in [6.07, 6.45) is 0. The lowest BCUT2D eigenvalue weighted by atomic mass is 10.0. The summed E-state index contributed by atoms with van der Waals surface area (Å²) in [5.41, 5.74) is 9.33. The molecule has 2 aromatic carbocycles. The number of nitrogens with two attached hydrogens (primary N) is 1. The average molecular weight is 267 g/mol. The molecule has 102 valence electrons. The number of fused-ring (bicyclic) bond motifs is 1. The van der Waals surface area contributed by atoms with Gasteiger partial charge in [0.15, 0.2) is 0 Å². The van der Waals surface area contributed by atoms with Gasteiger partial charge in [-0.05, 0) is 30.7 Å². The van der Waals surface area contributed by atoms with Gasteiger partial charge in [0.1, 0.15) is 17.1 Å². The second-order valence-electron chi connectivity index (χ2n) is 4.94. The number of hydrogen-bond acceptors (Lipinski definition) is 3. The van der Waals surface area contributed by atoms with Gasteiger partial charge in [0.05, 0.1) is 13.2 Å². The molecular weight excluding hydrogens is 250 g/mol. The van der Waals surface area contributed by atoms with E-state index in [0.29, 0.717) is 0 Å². The molecule has 0 aliphatic rings. The first kappa shape index (κ1) is 12.8. The number of ether oxygens (including phenoxy) is 1. The molecule has 0 fully saturated rings. The molecule has 2 N–H and O–H groups in total. The first-order chi connectivity index (χ1) is 9.67. The van der Waals surface area contributed by atoms with Crippen molar-refractivity contribution in [3.05, 3.63) is 65.4 Å². The van der Waals surface area contributed by atoms with E-state index < -0.39 is 0 Å². The molecule has 1 unspecified atom stereocenters. The number of methoxy groups -OCH3 is 1. The summed E-state index contributed by atoms with van der Waals surface area (Å²) in [7, 11) is 1.64. The second-order valence-corrected chi connectivity index (χ2v) is 4.94. The fourth-order valence-corrected chi connectivity index (χ4v) is 2.25.